The fourth-order valence-corrected chi connectivity index (χ4v) is 5.14. The molecule has 1 aliphatic carbocycles. The predicted molar refractivity (Wildman–Crippen MR) is 136 cm³/mol. The molecule has 1 atom stereocenters. The Labute approximate surface area is 215 Å². The van der Waals surface area contributed by atoms with Crippen LogP contribution in [0.5, 0.6) is 0 Å². The van der Waals surface area contributed by atoms with E-state index in [4.69, 9.17) is 9.47 Å². The van der Waals surface area contributed by atoms with Crippen LogP contribution in [0.15, 0.2) is 78.9 Å². The van der Waals surface area contributed by atoms with Crippen LogP contribution in [0.25, 0.3) is 11.1 Å². The lowest BCUT2D eigenvalue weighted by molar-refractivity contribution is -0.138. The van der Waals surface area contributed by atoms with Crippen molar-refractivity contribution in [1.29, 1.82) is 0 Å². The minimum Gasteiger partial charge on any atom is -0.480 e. The quantitative estimate of drug-likeness (QED) is 0.504. The number of fused-ring (bicyclic) bond motifs is 3. The zero-order valence-corrected chi connectivity index (χ0v) is 20.3. The van der Waals surface area contributed by atoms with E-state index in [9.17, 15) is 19.5 Å². The predicted octanol–water partition coefficient (Wildman–Crippen LogP) is 4.73. The Hall–Kier alpha value is -4.33. The maximum absolute atomic E-state index is 12.9. The summed E-state index contributed by atoms with van der Waals surface area (Å²) < 4.78 is 11.1. The van der Waals surface area contributed by atoms with Gasteiger partial charge in [0.05, 0.1) is 6.04 Å². The van der Waals surface area contributed by atoms with Crippen LogP contribution in [0.3, 0.4) is 0 Å². The maximum Gasteiger partial charge on any atom is 0.410 e. The van der Waals surface area contributed by atoms with Gasteiger partial charge in [0.15, 0.2) is 0 Å². The molecule has 8 nitrogen and oxygen atoms in total. The number of amides is 2. The molecular weight excluding hydrogens is 472 g/mol. The summed E-state index contributed by atoms with van der Waals surface area (Å²) in [7, 11) is 0. The molecule has 190 valence electrons. The lowest BCUT2D eigenvalue weighted by atomic mass is 9.98. The van der Waals surface area contributed by atoms with Gasteiger partial charge in [0.2, 0.25) is 0 Å². The summed E-state index contributed by atoms with van der Waals surface area (Å²) in [4.78, 5) is 39.9. The maximum atomic E-state index is 12.9. The van der Waals surface area contributed by atoms with E-state index in [1.165, 1.54) is 9.80 Å². The van der Waals surface area contributed by atoms with Crippen LogP contribution >= 0.6 is 0 Å². The van der Waals surface area contributed by atoms with Crippen molar-refractivity contribution in [1.82, 2.24) is 9.80 Å². The number of hydrogen-bond donors (Lipinski definition) is 1. The van der Waals surface area contributed by atoms with Crippen LogP contribution < -0.4 is 0 Å². The number of carbonyl (C=O) groups excluding carboxylic acids is 2. The lowest BCUT2D eigenvalue weighted by Crippen LogP contribution is -2.45. The Kier molecular flexibility index (Phi) is 7.07. The summed E-state index contributed by atoms with van der Waals surface area (Å²) in [5.41, 5.74) is 5.37. The molecule has 0 radical (unpaired) electrons. The van der Waals surface area contributed by atoms with E-state index < -0.39 is 30.7 Å². The molecule has 1 saturated heterocycles. The number of benzene rings is 3. The molecule has 1 unspecified atom stereocenters. The first-order chi connectivity index (χ1) is 18.0. The van der Waals surface area contributed by atoms with Gasteiger partial charge in [-0.3, -0.25) is 9.69 Å². The first kappa shape index (κ1) is 24.4. The van der Waals surface area contributed by atoms with Gasteiger partial charge in [0.1, 0.15) is 19.8 Å². The number of rotatable bonds is 7. The normalized spacial score (nSPS) is 16.1. The molecule has 37 heavy (non-hydrogen) atoms. The highest BCUT2D eigenvalue weighted by atomic mass is 16.6. The van der Waals surface area contributed by atoms with Crippen LogP contribution in [0.4, 0.5) is 9.59 Å². The number of ether oxygens (including phenoxy) is 2. The highest BCUT2D eigenvalue weighted by Crippen LogP contribution is 2.44. The lowest BCUT2D eigenvalue weighted by Gasteiger charge is -2.27. The fraction of sp³-hybridized carbons (Fsp3) is 0.276. The second-order valence-electron chi connectivity index (χ2n) is 9.25. The Morgan fingerprint density at radius 1 is 0.865 bits per heavy atom. The van der Waals surface area contributed by atoms with Crippen LogP contribution in [0.2, 0.25) is 0 Å². The topological polar surface area (TPSA) is 96.4 Å². The number of carbonyl (C=O) groups is 3. The average Bonchev–Trinajstić information content (AvgIpc) is 3.53. The van der Waals surface area contributed by atoms with E-state index in [1.54, 1.807) is 0 Å². The van der Waals surface area contributed by atoms with E-state index in [0.717, 1.165) is 27.8 Å². The fourth-order valence-electron chi connectivity index (χ4n) is 5.14. The number of carboxylic acids is 1. The summed E-state index contributed by atoms with van der Waals surface area (Å²) in [6.07, 6.45) is -0.749. The number of aliphatic carboxylic acids is 1. The third-order valence-corrected chi connectivity index (χ3v) is 6.94. The first-order valence-electron chi connectivity index (χ1n) is 12.3. The largest absolute Gasteiger partial charge is 0.480 e. The van der Waals surface area contributed by atoms with Crippen LogP contribution in [-0.2, 0) is 20.9 Å². The SMILES string of the molecule is O=C(O)CN(C(=O)OCc1ccccc1)C1CCN(C(=O)OCC2c3ccccc3-c3ccccc32)C1. The van der Waals surface area contributed by atoms with Crippen molar-refractivity contribution in [2.75, 3.05) is 26.2 Å². The Balaban J connectivity index is 1.20. The Bertz CT molecular complexity index is 1250. The van der Waals surface area contributed by atoms with Crippen molar-refractivity contribution in [2.45, 2.75) is 25.0 Å². The summed E-state index contributed by atoms with van der Waals surface area (Å²) in [6.45, 7) is 0.287. The molecule has 2 aliphatic rings. The molecule has 1 aliphatic heterocycles. The minimum atomic E-state index is -1.14. The molecule has 5 rings (SSSR count). The monoisotopic (exact) mass is 500 g/mol. The molecule has 0 saturated carbocycles. The summed E-state index contributed by atoms with van der Waals surface area (Å²) >= 11 is 0. The van der Waals surface area contributed by atoms with E-state index in [-0.39, 0.29) is 25.7 Å². The standard InChI is InChI=1S/C29H28N2O6/c32-27(33)17-31(29(35)36-18-20-8-2-1-3-9-20)21-14-15-30(16-21)28(34)37-19-26-24-12-6-4-10-22(24)23-11-5-7-13-25(23)26/h1-13,21,26H,14-19H2,(H,32,33). The first-order valence-corrected chi connectivity index (χ1v) is 12.3. The molecular formula is C29H28N2O6. The molecule has 0 bridgehead atoms. The highest BCUT2D eigenvalue weighted by Gasteiger charge is 2.36. The van der Waals surface area contributed by atoms with Crippen LogP contribution in [0, 0.1) is 0 Å². The van der Waals surface area contributed by atoms with Crippen molar-refractivity contribution >= 4 is 18.2 Å². The van der Waals surface area contributed by atoms with E-state index >= 15 is 0 Å². The second-order valence-corrected chi connectivity index (χ2v) is 9.25. The van der Waals surface area contributed by atoms with Crippen molar-refractivity contribution in [3.05, 3.63) is 95.6 Å². The van der Waals surface area contributed by atoms with Gasteiger partial charge in [-0.05, 0) is 34.2 Å². The number of likely N-dealkylation sites (tertiary alicyclic amines) is 1. The van der Waals surface area contributed by atoms with E-state index in [1.807, 2.05) is 54.6 Å². The van der Waals surface area contributed by atoms with Gasteiger partial charge in [-0.2, -0.15) is 0 Å². The average molecular weight is 501 g/mol. The second kappa shape index (κ2) is 10.7. The zero-order valence-electron chi connectivity index (χ0n) is 20.3. The Morgan fingerprint density at radius 3 is 2.14 bits per heavy atom. The minimum absolute atomic E-state index is 0.0403. The third kappa shape index (κ3) is 5.28. The molecule has 8 heteroatoms. The molecule has 1 N–H and O–H groups in total. The van der Waals surface area contributed by atoms with Gasteiger partial charge in [-0.1, -0.05) is 78.9 Å². The molecule has 2 amide bonds. The van der Waals surface area contributed by atoms with Gasteiger partial charge in [-0.25, -0.2) is 9.59 Å². The molecule has 1 heterocycles. The van der Waals surface area contributed by atoms with Gasteiger partial charge in [-0.15, -0.1) is 0 Å². The van der Waals surface area contributed by atoms with Gasteiger partial charge in [0.25, 0.3) is 0 Å². The molecule has 1 fully saturated rings. The highest BCUT2D eigenvalue weighted by molar-refractivity contribution is 5.79. The zero-order chi connectivity index (χ0) is 25.8. The molecule has 0 aromatic heterocycles. The van der Waals surface area contributed by atoms with Gasteiger partial charge < -0.3 is 19.5 Å². The molecule has 0 spiro atoms. The number of hydrogen-bond acceptors (Lipinski definition) is 5. The van der Waals surface area contributed by atoms with Gasteiger partial charge in [0, 0.05) is 19.0 Å². The van der Waals surface area contributed by atoms with Gasteiger partial charge >= 0.3 is 18.2 Å². The Morgan fingerprint density at radius 2 is 1.49 bits per heavy atom. The smallest absolute Gasteiger partial charge is 0.410 e. The summed E-state index contributed by atoms with van der Waals surface area (Å²) in [5, 5.41) is 9.36. The third-order valence-electron chi connectivity index (χ3n) is 6.94. The van der Waals surface area contributed by atoms with Crippen LogP contribution in [-0.4, -0.2) is 65.3 Å². The molecule has 3 aromatic rings. The van der Waals surface area contributed by atoms with E-state index in [2.05, 4.69) is 24.3 Å². The van der Waals surface area contributed by atoms with Crippen molar-refractivity contribution in [2.24, 2.45) is 0 Å². The summed E-state index contributed by atoms with van der Waals surface area (Å²) in [5.74, 6) is -1.19. The van der Waals surface area contributed by atoms with Crippen molar-refractivity contribution < 1.29 is 29.0 Å². The van der Waals surface area contributed by atoms with E-state index in [0.29, 0.717) is 13.0 Å². The van der Waals surface area contributed by atoms with Crippen molar-refractivity contribution in [3.8, 4) is 11.1 Å². The molecule has 3 aromatic carbocycles. The van der Waals surface area contributed by atoms with Crippen molar-refractivity contribution in [3.63, 3.8) is 0 Å². The number of nitrogens with zero attached hydrogens (tertiary/aromatic N) is 2. The number of carboxylic acid groups (broad SMARTS) is 1. The van der Waals surface area contributed by atoms with Crippen LogP contribution in [0.1, 0.15) is 29.0 Å². The summed E-state index contributed by atoms with van der Waals surface area (Å²) in [6, 6.07) is 25.0.